The Balaban J connectivity index is 0.811. The van der Waals surface area contributed by atoms with Gasteiger partial charge in [0.25, 0.3) is 0 Å². The first kappa shape index (κ1) is 66.6. The van der Waals surface area contributed by atoms with Crippen LogP contribution in [0.3, 0.4) is 0 Å². The molecule has 102 heavy (non-hydrogen) atoms. The van der Waals surface area contributed by atoms with Crippen molar-refractivity contribution in [2.75, 3.05) is 9.80 Å². The van der Waals surface area contributed by atoms with E-state index in [0.717, 1.165) is 71.2 Å². The third-order valence-electron chi connectivity index (χ3n) is 21.2. The van der Waals surface area contributed by atoms with E-state index >= 15 is 0 Å². The fraction of sp³-hybridized carbons (Fsp3) is 0.229. The van der Waals surface area contributed by atoms with Crippen molar-refractivity contribution in [1.82, 2.24) is 9.13 Å². The molecule has 4 aromatic heterocycles. The summed E-state index contributed by atoms with van der Waals surface area (Å²) in [6, 6.07) is 97.9. The van der Waals surface area contributed by atoms with Crippen LogP contribution in [0.4, 0.5) is 34.1 Å². The van der Waals surface area contributed by atoms with Gasteiger partial charge in [-0.3, -0.25) is 0 Å². The predicted molar refractivity (Wildman–Crippen MR) is 446 cm³/mol. The van der Waals surface area contributed by atoms with E-state index in [-0.39, 0.29) is 21.7 Å². The Kier molecular flexibility index (Phi) is 16.7. The largest absolute Gasteiger partial charge is 0.310 e. The minimum absolute atomic E-state index is 0.00704. The highest BCUT2D eigenvalue weighted by molar-refractivity contribution is 7.36. The zero-order valence-corrected chi connectivity index (χ0v) is 63.3. The molecule has 6 heteroatoms. The van der Waals surface area contributed by atoms with Gasteiger partial charge in [-0.05, 0) is 224 Å². The third-order valence-corrected chi connectivity index (χ3v) is 23.7. The zero-order valence-electron chi connectivity index (χ0n) is 61.7. The minimum atomic E-state index is 0.00704. The normalized spacial score (nSPS) is 12.6. The topological polar surface area (TPSA) is 16.3 Å². The first-order valence-corrected chi connectivity index (χ1v) is 38.4. The molecule has 0 N–H and O–H groups in total. The smallest absolute Gasteiger partial charge is 0.0542 e. The van der Waals surface area contributed by atoms with Crippen molar-refractivity contribution in [3.05, 3.63) is 288 Å². The minimum Gasteiger partial charge on any atom is -0.310 e. The summed E-state index contributed by atoms with van der Waals surface area (Å²) in [7, 11) is 0. The quantitative estimate of drug-likeness (QED) is 0.108. The summed E-state index contributed by atoms with van der Waals surface area (Å²) in [5.74, 6) is 0. The maximum Gasteiger partial charge on any atom is 0.0542 e. The molecule has 0 aliphatic carbocycles. The van der Waals surface area contributed by atoms with E-state index in [4.69, 9.17) is 0 Å². The zero-order chi connectivity index (χ0) is 70.7. The SMILES string of the molecule is CCCc1ccc(-c2ccc(N(c3cccc(-n4c5ccc(C(C)(C)C)cc5c5cc(C(C)(C)C)ccc54)c3)c3ccc4c(c3)sc3c5ccc(N(c6ccc(-c7ccc(CCC)cc7)cc6)c6cccc(-n7c8ccc(C(C)(C)C)cc8c8cc(C(C)(C)C)ccc87)c6)cc5sc43)cc2)cc1. The van der Waals surface area contributed by atoms with Crippen LogP contribution in [-0.4, -0.2) is 9.13 Å². The molecule has 0 atom stereocenters. The number of aryl methyl sites for hydroxylation is 2. The Bertz CT molecular complexity index is 5360. The fourth-order valence-corrected chi connectivity index (χ4v) is 18.0. The van der Waals surface area contributed by atoms with Crippen LogP contribution in [0.25, 0.3) is 107 Å². The van der Waals surface area contributed by atoms with E-state index < -0.39 is 0 Å². The van der Waals surface area contributed by atoms with Crippen molar-refractivity contribution in [1.29, 1.82) is 0 Å². The second-order valence-corrected chi connectivity index (χ2v) is 34.6. The second kappa shape index (κ2) is 25.5. The van der Waals surface area contributed by atoms with Crippen molar-refractivity contribution in [3.8, 4) is 33.6 Å². The van der Waals surface area contributed by atoms with Crippen molar-refractivity contribution in [2.45, 2.75) is 144 Å². The monoisotopic (exact) mass is 1360 g/mol. The van der Waals surface area contributed by atoms with E-state index in [1.807, 2.05) is 22.7 Å². The molecule has 0 aliphatic rings. The summed E-state index contributed by atoms with van der Waals surface area (Å²) in [5.41, 5.74) is 26.7. The molecule has 0 fully saturated rings. The van der Waals surface area contributed by atoms with Gasteiger partial charge in [0.05, 0.1) is 31.5 Å². The molecule has 0 spiro atoms. The molecule has 0 saturated carbocycles. The summed E-state index contributed by atoms with van der Waals surface area (Å²) in [6.45, 7) is 32.3. The average molecular weight is 1370 g/mol. The van der Waals surface area contributed by atoms with Gasteiger partial charge in [0.2, 0.25) is 0 Å². The molecule has 508 valence electrons. The highest BCUT2D eigenvalue weighted by atomic mass is 32.1. The number of nitrogens with zero attached hydrogens (tertiary/aromatic N) is 4. The van der Waals surface area contributed by atoms with Gasteiger partial charge in [-0.2, -0.15) is 0 Å². The van der Waals surface area contributed by atoms with Crippen molar-refractivity contribution < 1.29 is 0 Å². The van der Waals surface area contributed by atoms with Crippen molar-refractivity contribution >= 4 is 130 Å². The van der Waals surface area contributed by atoms with E-state index in [2.05, 4.69) is 371 Å². The second-order valence-electron chi connectivity index (χ2n) is 32.5. The standard InChI is InChI=1S/C96H92N4S2/c1-15-19-61-25-29-63(30-26-61)65-33-41-71(42-34-65)97(73-21-17-23-75(57-73)99-85-49-37-67(93(3,4)5)53-81(85)82-54-68(94(6,7)8)38-50-86(82)99)77-45-47-79-89(59-77)101-92-80-48-46-78(60-90(80)102-91(79)92)98(72-43-35-66(36-44-72)64-31-27-62(20-16-2)28-32-64)74-22-18-24-76(58-74)100-87-51-39-69(95(9,10)11)55-83(87)84-56-70(96(12,13)14)40-52-88(84)100/h17-18,21-60H,15-16,19-20H2,1-14H3. The molecule has 4 heterocycles. The molecule has 16 aromatic rings. The summed E-state index contributed by atoms with van der Waals surface area (Å²) < 4.78 is 10.2. The molecule has 0 radical (unpaired) electrons. The Morgan fingerprint density at radius 3 is 0.853 bits per heavy atom. The Labute approximate surface area is 610 Å². The van der Waals surface area contributed by atoms with E-state index in [1.54, 1.807) is 0 Å². The highest BCUT2D eigenvalue weighted by Gasteiger charge is 2.27. The summed E-state index contributed by atoms with van der Waals surface area (Å²) in [5, 5.41) is 7.71. The number of thiophene rings is 2. The van der Waals surface area contributed by atoms with Gasteiger partial charge in [-0.1, -0.05) is 231 Å². The molecular formula is C96H92N4S2. The van der Waals surface area contributed by atoms with E-state index in [0.29, 0.717) is 0 Å². The van der Waals surface area contributed by atoms with Crippen molar-refractivity contribution in [3.63, 3.8) is 0 Å². The van der Waals surface area contributed by atoms with Crippen molar-refractivity contribution in [2.24, 2.45) is 0 Å². The summed E-state index contributed by atoms with van der Waals surface area (Å²) >= 11 is 3.83. The van der Waals surface area contributed by atoms with Crippen LogP contribution in [0, 0.1) is 0 Å². The number of aromatic nitrogens is 2. The average Bonchev–Trinajstić information content (AvgIpc) is 1.59. The highest BCUT2D eigenvalue weighted by Crippen LogP contribution is 2.50. The molecule has 16 rings (SSSR count). The number of fused-ring (bicyclic) bond motifs is 11. The van der Waals surface area contributed by atoms with Gasteiger partial charge < -0.3 is 18.9 Å². The summed E-state index contributed by atoms with van der Waals surface area (Å²) in [4.78, 5) is 4.93. The maximum atomic E-state index is 2.49. The maximum absolute atomic E-state index is 2.49. The summed E-state index contributed by atoms with van der Waals surface area (Å²) in [6.07, 6.45) is 4.45. The lowest BCUT2D eigenvalue weighted by Crippen LogP contribution is -2.11. The Morgan fingerprint density at radius 2 is 0.559 bits per heavy atom. The Hall–Kier alpha value is -9.98. The lowest BCUT2D eigenvalue weighted by molar-refractivity contribution is 0.590. The number of rotatable bonds is 14. The van der Waals surface area contributed by atoms with Crippen LogP contribution in [0.1, 0.15) is 143 Å². The van der Waals surface area contributed by atoms with Gasteiger partial charge in [0.1, 0.15) is 0 Å². The molecule has 0 amide bonds. The number of hydrogen-bond donors (Lipinski definition) is 0. The van der Waals surface area contributed by atoms with Crippen LogP contribution in [0.15, 0.2) is 255 Å². The first-order chi connectivity index (χ1) is 48.9. The van der Waals surface area contributed by atoms with Gasteiger partial charge in [-0.25, -0.2) is 0 Å². The van der Waals surface area contributed by atoms with Gasteiger partial charge in [0.15, 0.2) is 0 Å². The van der Waals surface area contributed by atoms with Gasteiger partial charge >= 0.3 is 0 Å². The fourth-order valence-electron chi connectivity index (χ4n) is 15.3. The number of benzene rings is 12. The molecule has 4 nitrogen and oxygen atoms in total. The first-order valence-electron chi connectivity index (χ1n) is 36.7. The van der Waals surface area contributed by atoms with Crippen LogP contribution >= 0.6 is 22.7 Å². The lowest BCUT2D eigenvalue weighted by atomic mass is 9.85. The van der Waals surface area contributed by atoms with Gasteiger partial charge in [0, 0.05) is 87.2 Å². The van der Waals surface area contributed by atoms with Crippen LogP contribution in [0.5, 0.6) is 0 Å². The van der Waals surface area contributed by atoms with Crippen LogP contribution in [-0.2, 0) is 34.5 Å². The third kappa shape index (κ3) is 12.2. The molecule has 0 aliphatic heterocycles. The molecular weight excluding hydrogens is 1270 g/mol. The molecule has 0 unspecified atom stereocenters. The van der Waals surface area contributed by atoms with Crippen LogP contribution in [0.2, 0.25) is 0 Å². The number of hydrogen-bond acceptors (Lipinski definition) is 4. The van der Waals surface area contributed by atoms with E-state index in [9.17, 15) is 0 Å². The lowest BCUT2D eigenvalue weighted by Gasteiger charge is -2.26. The molecule has 0 bridgehead atoms. The molecule has 12 aromatic carbocycles. The van der Waals surface area contributed by atoms with Gasteiger partial charge in [-0.15, -0.1) is 22.7 Å². The van der Waals surface area contributed by atoms with Crippen LogP contribution < -0.4 is 9.80 Å². The number of anilines is 6. The predicted octanol–water partition coefficient (Wildman–Crippen LogP) is 28.8. The molecule has 0 saturated heterocycles. The van der Waals surface area contributed by atoms with E-state index in [1.165, 1.54) is 129 Å². The Morgan fingerprint density at radius 1 is 0.275 bits per heavy atom.